The Bertz CT molecular complexity index is 327. The maximum absolute atomic E-state index is 5.93. The maximum atomic E-state index is 5.93. The summed E-state index contributed by atoms with van der Waals surface area (Å²) in [4.78, 5) is 0. The molecule has 0 amide bonds. The van der Waals surface area contributed by atoms with E-state index in [2.05, 4.69) is 45.0 Å². The van der Waals surface area contributed by atoms with Crippen molar-refractivity contribution in [1.29, 1.82) is 0 Å². The van der Waals surface area contributed by atoms with E-state index in [1.807, 2.05) is 0 Å². The quantitative estimate of drug-likeness (QED) is 0.503. The SMILES string of the molecule is CC(C)c1ccc(C(C)C[Si](Cl)(Cl)Cl)cc1. The van der Waals surface area contributed by atoms with Gasteiger partial charge in [0.05, 0.1) is 0 Å². The molecule has 1 rings (SSSR count). The van der Waals surface area contributed by atoms with E-state index in [-0.39, 0.29) is 0 Å². The van der Waals surface area contributed by atoms with E-state index in [0.29, 0.717) is 17.9 Å². The van der Waals surface area contributed by atoms with Gasteiger partial charge in [0.2, 0.25) is 0 Å². The van der Waals surface area contributed by atoms with Gasteiger partial charge in [0.15, 0.2) is 0 Å². The summed E-state index contributed by atoms with van der Waals surface area (Å²) in [5.74, 6) is 0.882. The van der Waals surface area contributed by atoms with Gasteiger partial charge in [0.1, 0.15) is 0 Å². The fourth-order valence-electron chi connectivity index (χ4n) is 1.67. The van der Waals surface area contributed by atoms with Crippen LogP contribution in [0.4, 0.5) is 0 Å². The third kappa shape index (κ3) is 4.66. The van der Waals surface area contributed by atoms with Crippen LogP contribution < -0.4 is 0 Å². The Balaban J connectivity index is 2.74. The molecule has 0 spiro atoms. The molecular weight excluding hydrogens is 279 g/mol. The van der Waals surface area contributed by atoms with Crippen LogP contribution in [0.2, 0.25) is 6.04 Å². The first-order chi connectivity index (χ1) is 7.29. The summed E-state index contributed by atoms with van der Waals surface area (Å²) in [7, 11) is 0. The van der Waals surface area contributed by atoms with Crippen molar-refractivity contribution in [2.75, 3.05) is 0 Å². The van der Waals surface area contributed by atoms with E-state index < -0.39 is 6.00 Å². The van der Waals surface area contributed by atoms with Crippen LogP contribution in [0.25, 0.3) is 0 Å². The van der Waals surface area contributed by atoms with Gasteiger partial charge >= 0.3 is 6.00 Å². The minimum absolute atomic E-state index is 0.320. The lowest BCUT2D eigenvalue weighted by atomic mass is 9.97. The largest absolute Gasteiger partial charge is 0.342 e. The number of halogens is 3. The molecular formula is C12H17Cl3Si. The first-order valence-electron chi connectivity index (χ1n) is 5.46. The van der Waals surface area contributed by atoms with Crippen molar-refractivity contribution >= 4 is 39.2 Å². The number of hydrogen-bond acceptors (Lipinski definition) is 0. The summed E-state index contributed by atoms with van der Waals surface area (Å²) < 4.78 is 0. The zero-order valence-electron chi connectivity index (χ0n) is 9.81. The van der Waals surface area contributed by atoms with Crippen LogP contribution >= 0.6 is 33.2 Å². The standard InChI is InChI=1S/C12H17Cl3Si/c1-9(2)11-4-6-12(7-5-11)10(3)8-16(13,14)15/h4-7,9-10H,8H2,1-3H3. The van der Waals surface area contributed by atoms with Gasteiger partial charge in [-0.1, -0.05) is 45.0 Å². The van der Waals surface area contributed by atoms with E-state index in [1.165, 1.54) is 11.1 Å². The normalized spacial score (nSPS) is 14.2. The Morgan fingerprint density at radius 1 is 0.938 bits per heavy atom. The van der Waals surface area contributed by atoms with Crippen LogP contribution in [-0.4, -0.2) is 6.00 Å². The molecule has 0 saturated heterocycles. The number of rotatable bonds is 4. The topological polar surface area (TPSA) is 0 Å². The van der Waals surface area contributed by atoms with E-state index >= 15 is 0 Å². The van der Waals surface area contributed by atoms with Crippen molar-refractivity contribution < 1.29 is 0 Å². The fourth-order valence-corrected chi connectivity index (χ4v) is 4.69. The molecule has 0 radical (unpaired) electrons. The second-order valence-corrected chi connectivity index (χ2v) is 13.7. The van der Waals surface area contributed by atoms with Crippen molar-refractivity contribution in [1.82, 2.24) is 0 Å². The first-order valence-corrected chi connectivity index (χ1v) is 10.7. The predicted octanol–water partition coefficient (Wildman–Crippen LogP) is 5.57. The van der Waals surface area contributed by atoms with Gasteiger partial charge in [-0.2, -0.15) is 0 Å². The average Bonchev–Trinajstić information content (AvgIpc) is 2.15. The van der Waals surface area contributed by atoms with Crippen LogP contribution in [0.5, 0.6) is 0 Å². The van der Waals surface area contributed by atoms with E-state index in [4.69, 9.17) is 33.2 Å². The molecule has 0 aliphatic heterocycles. The van der Waals surface area contributed by atoms with E-state index in [0.717, 1.165) is 0 Å². The van der Waals surface area contributed by atoms with Crippen molar-refractivity contribution in [2.45, 2.75) is 38.7 Å². The molecule has 16 heavy (non-hydrogen) atoms. The molecule has 1 unspecified atom stereocenters. The number of benzene rings is 1. The summed E-state index contributed by atoms with van der Waals surface area (Å²) in [6.45, 7) is 6.48. The van der Waals surface area contributed by atoms with Crippen LogP contribution in [0, 0.1) is 0 Å². The van der Waals surface area contributed by atoms with Gasteiger partial charge in [0, 0.05) is 0 Å². The van der Waals surface area contributed by atoms with Gasteiger partial charge in [-0.05, 0) is 29.0 Å². The summed E-state index contributed by atoms with van der Waals surface area (Å²) in [6.07, 6.45) is 0. The monoisotopic (exact) mass is 294 g/mol. The molecule has 0 nitrogen and oxygen atoms in total. The lowest BCUT2D eigenvalue weighted by molar-refractivity contribution is 0.841. The molecule has 1 aromatic rings. The Kier molecular flexibility index (Phi) is 5.18. The van der Waals surface area contributed by atoms with Crippen molar-refractivity contribution in [3.05, 3.63) is 35.4 Å². The Morgan fingerprint density at radius 3 is 1.75 bits per heavy atom. The molecule has 90 valence electrons. The minimum atomic E-state index is -2.52. The van der Waals surface area contributed by atoms with Gasteiger partial charge in [0.25, 0.3) is 0 Å². The van der Waals surface area contributed by atoms with Gasteiger partial charge in [-0.25, -0.2) is 0 Å². The highest BCUT2D eigenvalue weighted by molar-refractivity contribution is 7.64. The third-order valence-corrected chi connectivity index (χ3v) is 5.17. The van der Waals surface area contributed by atoms with Crippen molar-refractivity contribution in [3.8, 4) is 0 Å². The minimum Gasteiger partial charge on any atom is -0.126 e. The fraction of sp³-hybridized carbons (Fsp3) is 0.500. The molecule has 4 heteroatoms. The van der Waals surface area contributed by atoms with E-state index in [9.17, 15) is 0 Å². The lowest BCUT2D eigenvalue weighted by Crippen LogP contribution is -2.12. The first kappa shape index (κ1) is 14.4. The third-order valence-electron chi connectivity index (χ3n) is 2.71. The maximum Gasteiger partial charge on any atom is 0.342 e. The molecule has 0 bridgehead atoms. The molecule has 0 aliphatic rings. The molecule has 0 N–H and O–H groups in total. The Labute approximate surface area is 113 Å². The number of hydrogen-bond donors (Lipinski definition) is 0. The Morgan fingerprint density at radius 2 is 1.38 bits per heavy atom. The Hall–Kier alpha value is 0.307. The molecule has 1 aromatic carbocycles. The molecule has 0 heterocycles. The van der Waals surface area contributed by atoms with Crippen LogP contribution in [-0.2, 0) is 0 Å². The highest BCUT2D eigenvalue weighted by Crippen LogP contribution is 2.34. The summed E-state index contributed by atoms with van der Waals surface area (Å²) >= 11 is 17.8. The predicted molar refractivity (Wildman–Crippen MR) is 77.1 cm³/mol. The summed E-state index contributed by atoms with van der Waals surface area (Å²) in [5.41, 5.74) is 2.60. The average molecular weight is 296 g/mol. The smallest absolute Gasteiger partial charge is 0.126 e. The molecule has 0 saturated carbocycles. The summed E-state index contributed by atoms with van der Waals surface area (Å²) in [5, 5.41) is 0. The molecule has 0 fully saturated rings. The second kappa shape index (κ2) is 5.77. The van der Waals surface area contributed by atoms with Crippen LogP contribution in [0.3, 0.4) is 0 Å². The van der Waals surface area contributed by atoms with Crippen LogP contribution in [0.15, 0.2) is 24.3 Å². The molecule has 0 aliphatic carbocycles. The van der Waals surface area contributed by atoms with Crippen molar-refractivity contribution in [2.24, 2.45) is 0 Å². The molecule has 1 atom stereocenters. The zero-order chi connectivity index (χ0) is 12.3. The van der Waals surface area contributed by atoms with Gasteiger partial charge in [-0.15, -0.1) is 33.2 Å². The molecule has 0 aromatic heterocycles. The van der Waals surface area contributed by atoms with Crippen LogP contribution in [0.1, 0.15) is 43.7 Å². The zero-order valence-corrected chi connectivity index (χ0v) is 13.1. The van der Waals surface area contributed by atoms with E-state index in [1.54, 1.807) is 0 Å². The highest BCUT2D eigenvalue weighted by atomic mass is 35.8. The lowest BCUT2D eigenvalue weighted by Gasteiger charge is -2.16. The highest BCUT2D eigenvalue weighted by Gasteiger charge is 2.28. The second-order valence-electron chi connectivity index (χ2n) is 4.54. The van der Waals surface area contributed by atoms with Gasteiger partial charge < -0.3 is 0 Å². The van der Waals surface area contributed by atoms with Gasteiger partial charge in [-0.3, -0.25) is 0 Å². The van der Waals surface area contributed by atoms with Crippen molar-refractivity contribution in [3.63, 3.8) is 0 Å². The summed E-state index contributed by atoms with van der Waals surface area (Å²) in [6, 6.07) is 6.77.